The standard InChI is InChI=1S/C21H25N3O3S/c1-4-27-19-8-14-15-7-13(25)5-6-17(15)24-20(16(14)9-18(19)26-2)12-10-22-21(28-3)23-11-12/h8-11,13,15,17,25H,4-7H2,1-3H3. The molecule has 1 saturated carbocycles. The molecule has 2 aromatic rings. The predicted molar refractivity (Wildman–Crippen MR) is 110 cm³/mol. The molecule has 0 amide bonds. The maximum atomic E-state index is 10.3. The summed E-state index contributed by atoms with van der Waals surface area (Å²) < 4.78 is 11.4. The summed E-state index contributed by atoms with van der Waals surface area (Å²) in [6.45, 7) is 2.53. The van der Waals surface area contributed by atoms with E-state index in [1.807, 2.05) is 31.6 Å². The Kier molecular flexibility index (Phi) is 5.55. The maximum absolute atomic E-state index is 10.3. The van der Waals surface area contributed by atoms with Crippen LogP contribution in [0.25, 0.3) is 0 Å². The molecule has 0 radical (unpaired) electrons. The number of rotatable bonds is 5. The number of hydrogen-bond acceptors (Lipinski definition) is 7. The Morgan fingerprint density at radius 2 is 1.96 bits per heavy atom. The Morgan fingerprint density at radius 1 is 1.18 bits per heavy atom. The molecule has 4 rings (SSSR count). The highest BCUT2D eigenvalue weighted by Gasteiger charge is 2.37. The molecule has 7 heteroatoms. The van der Waals surface area contributed by atoms with Gasteiger partial charge in [-0.05, 0) is 50.1 Å². The van der Waals surface area contributed by atoms with Crippen molar-refractivity contribution in [2.75, 3.05) is 20.0 Å². The maximum Gasteiger partial charge on any atom is 0.187 e. The van der Waals surface area contributed by atoms with Crippen molar-refractivity contribution in [2.45, 2.75) is 49.4 Å². The lowest BCUT2D eigenvalue weighted by molar-refractivity contribution is 0.111. The van der Waals surface area contributed by atoms with Crippen LogP contribution < -0.4 is 9.47 Å². The van der Waals surface area contributed by atoms with Crippen LogP contribution in [-0.2, 0) is 0 Å². The minimum absolute atomic E-state index is 0.147. The minimum Gasteiger partial charge on any atom is -0.493 e. The minimum atomic E-state index is -0.285. The second-order valence-electron chi connectivity index (χ2n) is 7.10. The Balaban J connectivity index is 1.85. The van der Waals surface area contributed by atoms with Crippen LogP contribution in [0.2, 0.25) is 0 Å². The molecule has 28 heavy (non-hydrogen) atoms. The van der Waals surface area contributed by atoms with Gasteiger partial charge < -0.3 is 14.6 Å². The van der Waals surface area contributed by atoms with E-state index in [0.29, 0.717) is 18.8 Å². The van der Waals surface area contributed by atoms with E-state index in [4.69, 9.17) is 14.5 Å². The molecule has 2 heterocycles. The van der Waals surface area contributed by atoms with E-state index in [0.717, 1.165) is 46.1 Å². The highest BCUT2D eigenvalue weighted by molar-refractivity contribution is 7.98. The zero-order valence-corrected chi connectivity index (χ0v) is 17.2. The summed E-state index contributed by atoms with van der Waals surface area (Å²) in [5.41, 5.74) is 3.96. The number of thioether (sulfide) groups is 1. The molecule has 6 nitrogen and oxygen atoms in total. The van der Waals surface area contributed by atoms with Crippen molar-refractivity contribution in [3.63, 3.8) is 0 Å². The summed E-state index contributed by atoms with van der Waals surface area (Å²) in [7, 11) is 1.65. The van der Waals surface area contributed by atoms with Crippen LogP contribution in [0.3, 0.4) is 0 Å². The zero-order chi connectivity index (χ0) is 19.7. The molecule has 2 aliphatic rings. The number of benzene rings is 1. The van der Waals surface area contributed by atoms with Crippen molar-refractivity contribution in [1.82, 2.24) is 9.97 Å². The number of ether oxygens (including phenoxy) is 2. The number of aromatic nitrogens is 2. The fourth-order valence-electron chi connectivity index (χ4n) is 4.15. The first-order valence-corrected chi connectivity index (χ1v) is 10.8. The molecule has 1 aromatic heterocycles. The zero-order valence-electron chi connectivity index (χ0n) is 16.4. The first kappa shape index (κ1) is 19.2. The van der Waals surface area contributed by atoms with Gasteiger partial charge in [-0.2, -0.15) is 0 Å². The highest BCUT2D eigenvalue weighted by atomic mass is 32.2. The Hall–Kier alpha value is -2.12. The van der Waals surface area contributed by atoms with Gasteiger partial charge in [0, 0.05) is 29.4 Å². The molecule has 1 fully saturated rings. The SMILES string of the molecule is CCOc1cc2c(cc1OC)C(c1cnc(SC)nc1)=NC1CCC(O)CC21. The number of aliphatic hydroxyl groups is 1. The molecule has 1 N–H and O–H groups in total. The van der Waals surface area contributed by atoms with Gasteiger partial charge in [0.2, 0.25) is 0 Å². The van der Waals surface area contributed by atoms with Crippen LogP contribution in [0, 0.1) is 0 Å². The molecule has 148 valence electrons. The second-order valence-corrected chi connectivity index (χ2v) is 7.87. The molecule has 0 bridgehead atoms. The Morgan fingerprint density at radius 3 is 2.64 bits per heavy atom. The third-order valence-corrected chi connectivity index (χ3v) is 6.03. The lowest BCUT2D eigenvalue weighted by Crippen LogP contribution is -2.34. The van der Waals surface area contributed by atoms with Crippen molar-refractivity contribution in [2.24, 2.45) is 4.99 Å². The van der Waals surface area contributed by atoms with Crippen LogP contribution in [0.15, 0.2) is 34.7 Å². The van der Waals surface area contributed by atoms with E-state index in [1.54, 1.807) is 7.11 Å². The summed E-state index contributed by atoms with van der Waals surface area (Å²) in [6.07, 6.45) is 7.71. The quantitative estimate of drug-likeness (QED) is 0.613. The smallest absolute Gasteiger partial charge is 0.187 e. The van der Waals surface area contributed by atoms with Gasteiger partial charge in [0.15, 0.2) is 16.7 Å². The molecule has 1 aliphatic heterocycles. The van der Waals surface area contributed by atoms with Crippen molar-refractivity contribution < 1.29 is 14.6 Å². The number of fused-ring (bicyclic) bond motifs is 3. The van der Waals surface area contributed by atoms with E-state index < -0.39 is 0 Å². The number of aliphatic imine (C=N–C) groups is 1. The van der Waals surface area contributed by atoms with Gasteiger partial charge in [0.25, 0.3) is 0 Å². The van der Waals surface area contributed by atoms with Crippen molar-refractivity contribution in [3.8, 4) is 11.5 Å². The number of nitrogens with zero attached hydrogens (tertiary/aromatic N) is 3. The van der Waals surface area contributed by atoms with Crippen molar-refractivity contribution in [3.05, 3.63) is 41.2 Å². The fraction of sp³-hybridized carbons (Fsp3) is 0.476. The van der Waals surface area contributed by atoms with Crippen molar-refractivity contribution >= 4 is 17.5 Å². The second kappa shape index (κ2) is 8.09. The summed E-state index contributed by atoms with van der Waals surface area (Å²) in [5.74, 6) is 1.60. The number of hydrogen-bond donors (Lipinski definition) is 1. The molecule has 1 aliphatic carbocycles. The van der Waals surface area contributed by atoms with E-state index in [-0.39, 0.29) is 18.1 Å². The lowest BCUT2D eigenvalue weighted by Gasteiger charge is -2.37. The van der Waals surface area contributed by atoms with Gasteiger partial charge in [-0.3, -0.25) is 4.99 Å². The van der Waals surface area contributed by atoms with Crippen LogP contribution in [0.1, 0.15) is 48.8 Å². The van der Waals surface area contributed by atoms with Crippen LogP contribution in [0.4, 0.5) is 0 Å². The van der Waals surface area contributed by atoms with E-state index >= 15 is 0 Å². The summed E-state index contributed by atoms with van der Waals surface area (Å²) in [5, 5.41) is 11.0. The average molecular weight is 400 g/mol. The molecule has 3 atom stereocenters. The molecular weight excluding hydrogens is 374 g/mol. The normalized spacial score (nSPS) is 23.4. The molecule has 0 saturated heterocycles. The predicted octanol–water partition coefficient (Wildman–Crippen LogP) is 3.45. The first-order chi connectivity index (χ1) is 13.6. The topological polar surface area (TPSA) is 76.8 Å². The molecular formula is C21H25N3O3S. The largest absolute Gasteiger partial charge is 0.493 e. The average Bonchev–Trinajstić information content (AvgIpc) is 2.73. The van der Waals surface area contributed by atoms with E-state index in [1.165, 1.54) is 11.8 Å². The Labute approximate surface area is 169 Å². The first-order valence-electron chi connectivity index (χ1n) is 9.62. The Bertz CT molecular complexity index is 885. The van der Waals surface area contributed by atoms with Crippen LogP contribution in [0.5, 0.6) is 11.5 Å². The fourth-order valence-corrected chi connectivity index (χ4v) is 4.46. The van der Waals surface area contributed by atoms with E-state index in [2.05, 4.69) is 16.0 Å². The molecule has 3 unspecified atom stereocenters. The molecule has 0 spiro atoms. The number of aliphatic hydroxyl groups excluding tert-OH is 1. The highest BCUT2D eigenvalue weighted by Crippen LogP contribution is 2.44. The van der Waals surface area contributed by atoms with Gasteiger partial charge in [-0.25, -0.2) is 9.97 Å². The third-order valence-electron chi connectivity index (χ3n) is 5.46. The van der Waals surface area contributed by atoms with Gasteiger partial charge in [0.1, 0.15) is 0 Å². The number of methoxy groups -OCH3 is 1. The van der Waals surface area contributed by atoms with E-state index in [9.17, 15) is 5.11 Å². The molecule has 1 aromatic carbocycles. The summed E-state index contributed by atoms with van der Waals surface area (Å²) in [6, 6.07) is 4.21. The monoisotopic (exact) mass is 399 g/mol. The van der Waals surface area contributed by atoms with Gasteiger partial charge in [0.05, 0.1) is 31.6 Å². The van der Waals surface area contributed by atoms with Gasteiger partial charge in [-0.15, -0.1) is 0 Å². The van der Waals surface area contributed by atoms with Gasteiger partial charge in [-0.1, -0.05) is 11.8 Å². The van der Waals surface area contributed by atoms with Crippen molar-refractivity contribution in [1.29, 1.82) is 0 Å². The summed E-state index contributed by atoms with van der Waals surface area (Å²) in [4.78, 5) is 13.9. The lowest BCUT2D eigenvalue weighted by atomic mass is 9.74. The summed E-state index contributed by atoms with van der Waals surface area (Å²) >= 11 is 1.52. The van der Waals surface area contributed by atoms with Gasteiger partial charge >= 0.3 is 0 Å². The third kappa shape index (κ3) is 3.49. The van der Waals surface area contributed by atoms with Crippen LogP contribution in [-0.4, -0.2) is 52.9 Å². The van der Waals surface area contributed by atoms with Crippen LogP contribution >= 0.6 is 11.8 Å².